The molecule has 0 unspecified atom stereocenters. The van der Waals surface area contributed by atoms with Crippen LogP contribution in [0.1, 0.15) is 24.3 Å². The lowest BCUT2D eigenvalue weighted by Gasteiger charge is -2.37. The maximum Gasteiger partial charge on any atom is 0.250 e. The van der Waals surface area contributed by atoms with E-state index in [4.69, 9.17) is 18.9 Å². The average molecular weight is 408 g/mol. The fourth-order valence-corrected chi connectivity index (χ4v) is 3.87. The van der Waals surface area contributed by atoms with E-state index in [1.807, 2.05) is 6.07 Å². The molecule has 0 aromatic heterocycles. The predicted octanol–water partition coefficient (Wildman–Crippen LogP) is 0.419. The number of ether oxygens (including phenoxy) is 4. The fourth-order valence-electron chi connectivity index (χ4n) is 3.87. The Kier molecular flexibility index (Phi) is 7.43. The van der Waals surface area contributed by atoms with Gasteiger partial charge in [0, 0.05) is 37.9 Å². The van der Waals surface area contributed by atoms with E-state index < -0.39 is 6.10 Å². The summed E-state index contributed by atoms with van der Waals surface area (Å²) in [7, 11) is 3.04. The molecule has 160 valence electrons. The zero-order valence-corrected chi connectivity index (χ0v) is 16.7. The first-order valence-electron chi connectivity index (χ1n) is 9.67. The van der Waals surface area contributed by atoms with Crippen LogP contribution in [0.2, 0.25) is 0 Å². The highest BCUT2D eigenvalue weighted by atomic mass is 16.6. The summed E-state index contributed by atoms with van der Waals surface area (Å²) in [6, 6.07) is 5.44. The molecule has 1 aromatic carbocycles. The van der Waals surface area contributed by atoms with E-state index in [-0.39, 0.29) is 49.6 Å². The molecule has 0 bridgehead atoms. The molecule has 9 nitrogen and oxygen atoms in total. The van der Waals surface area contributed by atoms with Gasteiger partial charge >= 0.3 is 0 Å². The summed E-state index contributed by atoms with van der Waals surface area (Å²) in [6.45, 7) is 0.655. The number of carbonyl (C=O) groups is 2. The zero-order valence-electron chi connectivity index (χ0n) is 16.7. The maximum atomic E-state index is 12.2. The van der Waals surface area contributed by atoms with E-state index >= 15 is 0 Å². The second-order valence-corrected chi connectivity index (χ2v) is 7.18. The van der Waals surface area contributed by atoms with Crippen LogP contribution in [0.25, 0.3) is 0 Å². The summed E-state index contributed by atoms with van der Waals surface area (Å²) in [6.07, 6.45) is -0.404. The van der Waals surface area contributed by atoms with Crippen molar-refractivity contribution in [3.63, 3.8) is 0 Å². The first kappa shape index (κ1) is 21.5. The van der Waals surface area contributed by atoms with Gasteiger partial charge in [-0.2, -0.15) is 0 Å². The average Bonchev–Trinajstić information content (AvgIpc) is 3.06. The standard InChI is InChI=1S/C20H28N2O7/c1-26-6-5-21-18(24)9-13-8-15-14-7-12(22-19(25)11-27-2)3-4-16(14)29-20(15)17(10-23)28-13/h3-4,7,13,15,17,20,23H,5-6,8-11H2,1-2H3,(H,21,24)(H,22,25)/t13-,15+,17+,20-/m1/s1. The van der Waals surface area contributed by atoms with Crippen molar-refractivity contribution in [3.05, 3.63) is 23.8 Å². The Labute approximate surface area is 169 Å². The summed E-state index contributed by atoms with van der Waals surface area (Å²) in [5.41, 5.74) is 1.59. The predicted molar refractivity (Wildman–Crippen MR) is 104 cm³/mol. The van der Waals surface area contributed by atoms with E-state index in [1.54, 1.807) is 19.2 Å². The number of carbonyl (C=O) groups excluding carboxylic acids is 2. The Hall–Kier alpha value is -2.20. The summed E-state index contributed by atoms with van der Waals surface area (Å²) in [5, 5.41) is 15.4. The summed E-state index contributed by atoms with van der Waals surface area (Å²) in [5.74, 6) is 0.305. The topological polar surface area (TPSA) is 115 Å². The Morgan fingerprint density at radius 2 is 2.07 bits per heavy atom. The monoisotopic (exact) mass is 408 g/mol. The molecule has 2 aliphatic rings. The maximum absolute atomic E-state index is 12.2. The number of fused-ring (bicyclic) bond motifs is 3. The number of methoxy groups -OCH3 is 2. The van der Waals surface area contributed by atoms with Crippen molar-refractivity contribution >= 4 is 17.5 Å². The molecular formula is C20H28N2O7. The summed E-state index contributed by atoms with van der Waals surface area (Å²) < 4.78 is 21.7. The van der Waals surface area contributed by atoms with Gasteiger partial charge in [0.15, 0.2) is 0 Å². The van der Waals surface area contributed by atoms with Crippen LogP contribution in [0.3, 0.4) is 0 Å². The smallest absolute Gasteiger partial charge is 0.250 e. The molecule has 3 rings (SSSR count). The van der Waals surface area contributed by atoms with Crippen LogP contribution in [0.5, 0.6) is 5.75 Å². The molecule has 0 aliphatic carbocycles. The Balaban J connectivity index is 1.70. The van der Waals surface area contributed by atoms with Crippen molar-refractivity contribution in [2.24, 2.45) is 0 Å². The van der Waals surface area contributed by atoms with Crippen LogP contribution < -0.4 is 15.4 Å². The van der Waals surface area contributed by atoms with Gasteiger partial charge in [-0.05, 0) is 24.6 Å². The lowest BCUT2D eigenvalue weighted by molar-refractivity contribution is -0.142. The van der Waals surface area contributed by atoms with Gasteiger partial charge in [-0.15, -0.1) is 0 Å². The third-order valence-corrected chi connectivity index (χ3v) is 5.10. The molecule has 2 amide bonds. The van der Waals surface area contributed by atoms with Crippen molar-refractivity contribution < 1.29 is 33.6 Å². The Morgan fingerprint density at radius 3 is 2.79 bits per heavy atom. The van der Waals surface area contributed by atoms with Crippen molar-refractivity contribution in [1.82, 2.24) is 5.32 Å². The molecule has 2 heterocycles. The molecule has 2 aliphatic heterocycles. The van der Waals surface area contributed by atoms with Gasteiger partial charge < -0.3 is 34.7 Å². The molecule has 0 saturated carbocycles. The SMILES string of the molecule is COCCNC(=O)C[C@H]1C[C@H]2c3cc(NC(=O)COC)ccc3O[C@H]2[C@H](CO)O1. The van der Waals surface area contributed by atoms with Crippen LogP contribution in [0.15, 0.2) is 18.2 Å². The van der Waals surface area contributed by atoms with Gasteiger partial charge in [-0.25, -0.2) is 0 Å². The van der Waals surface area contributed by atoms with Crippen LogP contribution in [0, 0.1) is 0 Å². The minimum Gasteiger partial charge on any atom is -0.487 e. The molecule has 0 spiro atoms. The van der Waals surface area contributed by atoms with Gasteiger partial charge in [0.25, 0.3) is 0 Å². The molecule has 0 radical (unpaired) electrons. The molecule has 1 saturated heterocycles. The number of anilines is 1. The number of aliphatic hydroxyl groups excluding tert-OH is 1. The first-order chi connectivity index (χ1) is 14.0. The number of aliphatic hydroxyl groups is 1. The molecule has 1 fully saturated rings. The minimum absolute atomic E-state index is 0.0275. The van der Waals surface area contributed by atoms with Crippen molar-refractivity contribution in [3.8, 4) is 5.75 Å². The number of rotatable bonds is 9. The number of amides is 2. The minimum atomic E-state index is -0.524. The largest absolute Gasteiger partial charge is 0.487 e. The van der Waals surface area contributed by atoms with E-state index in [0.29, 0.717) is 31.0 Å². The summed E-state index contributed by atoms with van der Waals surface area (Å²) in [4.78, 5) is 24.0. The Morgan fingerprint density at radius 1 is 1.24 bits per heavy atom. The molecular weight excluding hydrogens is 380 g/mol. The zero-order chi connectivity index (χ0) is 20.8. The van der Waals surface area contributed by atoms with E-state index in [0.717, 1.165) is 5.56 Å². The van der Waals surface area contributed by atoms with Crippen LogP contribution >= 0.6 is 0 Å². The van der Waals surface area contributed by atoms with Crippen LogP contribution in [-0.4, -0.2) is 75.8 Å². The van der Waals surface area contributed by atoms with Gasteiger partial charge in [0.1, 0.15) is 24.6 Å². The van der Waals surface area contributed by atoms with Gasteiger partial charge in [-0.1, -0.05) is 0 Å². The lowest BCUT2D eigenvalue weighted by atomic mass is 9.84. The number of hydrogen-bond acceptors (Lipinski definition) is 7. The van der Waals surface area contributed by atoms with E-state index in [1.165, 1.54) is 7.11 Å². The third kappa shape index (κ3) is 5.24. The molecule has 29 heavy (non-hydrogen) atoms. The lowest BCUT2D eigenvalue weighted by Crippen LogP contribution is -2.47. The third-order valence-electron chi connectivity index (χ3n) is 5.10. The van der Waals surface area contributed by atoms with Gasteiger partial charge in [0.05, 0.1) is 25.7 Å². The van der Waals surface area contributed by atoms with Crippen molar-refractivity contribution in [2.75, 3.05) is 45.9 Å². The fraction of sp³-hybridized carbons (Fsp3) is 0.600. The highest BCUT2D eigenvalue weighted by molar-refractivity contribution is 5.91. The van der Waals surface area contributed by atoms with Crippen LogP contribution in [-0.2, 0) is 23.8 Å². The molecule has 9 heteroatoms. The highest BCUT2D eigenvalue weighted by Crippen LogP contribution is 2.47. The van der Waals surface area contributed by atoms with Gasteiger partial charge in [-0.3, -0.25) is 9.59 Å². The van der Waals surface area contributed by atoms with Crippen molar-refractivity contribution in [1.29, 1.82) is 0 Å². The first-order valence-corrected chi connectivity index (χ1v) is 9.67. The molecule has 4 atom stereocenters. The second kappa shape index (κ2) is 10.0. The van der Waals surface area contributed by atoms with Crippen molar-refractivity contribution in [2.45, 2.75) is 37.1 Å². The van der Waals surface area contributed by atoms with E-state index in [9.17, 15) is 14.7 Å². The second-order valence-electron chi connectivity index (χ2n) is 7.18. The highest BCUT2D eigenvalue weighted by Gasteiger charge is 2.46. The Bertz CT molecular complexity index is 727. The normalized spacial score (nSPS) is 24.9. The summed E-state index contributed by atoms with van der Waals surface area (Å²) >= 11 is 0. The number of hydrogen-bond donors (Lipinski definition) is 3. The van der Waals surface area contributed by atoms with Crippen LogP contribution in [0.4, 0.5) is 5.69 Å². The molecule has 1 aromatic rings. The number of nitrogens with one attached hydrogen (secondary N) is 2. The quantitative estimate of drug-likeness (QED) is 0.507. The van der Waals surface area contributed by atoms with Gasteiger partial charge in [0.2, 0.25) is 11.8 Å². The number of benzene rings is 1. The molecule has 3 N–H and O–H groups in total. The van der Waals surface area contributed by atoms with E-state index in [2.05, 4.69) is 10.6 Å².